The first kappa shape index (κ1) is 16.8. The maximum atomic E-state index is 12.1. The molecule has 0 spiro atoms. The van der Waals surface area contributed by atoms with Gasteiger partial charge in [-0.1, -0.05) is 18.2 Å². The molecule has 7 heteroatoms. The van der Waals surface area contributed by atoms with Crippen LogP contribution in [0.15, 0.2) is 39.9 Å². The van der Waals surface area contributed by atoms with Gasteiger partial charge in [-0.25, -0.2) is 4.79 Å². The van der Waals surface area contributed by atoms with E-state index >= 15 is 0 Å². The number of nitriles is 1. The average Bonchev–Trinajstić information content (AvgIpc) is 3.11. The molecule has 3 rings (SSSR count). The summed E-state index contributed by atoms with van der Waals surface area (Å²) in [5, 5.41) is 12.5. The van der Waals surface area contributed by atoms with Crippen molar-refractivity contribution >= 4 is 11.5 Å². The van der Waals surface area contributed by atoms with Gasteiger partial charge in [-0.05, 0) is 24.5 Å². The molecule has 1 N–H and O–H groups in total. The predicted octanol–water partition coefficient (Wildman–Crippen LogP) is 0.894. The van der Waals surface area contributed by atoms with Crippen molar-refractivity contribution in [2.75, 3.05) is 29.9 Å². The van der Waals surface area contributed by atoms with Gasteiger partial charge < -0.3 is 10.2 Å². The lowest BCUT2D eigenvalue weighted by Crippen LogP contribution is -2.40. The number of hydrogen-bond donors (Lipinski definition) is 1. The summed E-state index contributed by atoms with van der Waals surface area (Å²) >= 11 is 0. The molecule has 0 unspecified atom stereocenters. The van der Waals surface area contributed by atoms with E-state index in [1.54, 1.807) is 7.05 Å². The topological polar surface area (TPSA) is 83.1 Å². The summed E-state index contributed by atoms with van der Waals surface area (Å²) in [6.45, 7) is 2.48. The molecule has 1 fully saturated rings. The Morgan fingerprint density at radius 3 is 2.60 bits per heavy atom. The van der Waals surface area contributed by atoms with E-state index in [2.05, 4.69) is 22.3 Å². The van der Waals surface area contributed by atoms with Crippen molar-refractivity contribution in [3.63, 3.8) is 0 Å². The van der Waals surface area contributed by atoms with Crippen LogP contribution in [0.4, 0.5) is 11.5 Å². The third-order valence-electron chi connectivity index (χ3n) is 4.74. The summed E-state index contributed by atoms with van der Waals surface area (Å²) < 4.78 is 2.28. The van der Waals surface area contributed by atoms with Crippen molar-refractivity contribution in [2.45, 2.75) is 6.42 Å². The van der Waals surface area contributed by atoms with Crippen LogP contribution in [0, 0.1) is 17.2 Å². The van der Waals surface area contributed by atoms with E-state index < -0.39 is 11.2 Å². The highest BCUT2D eigenvalue weighted by molar-refractivity contribution is 5.51. The number of nitrogens with zero attached hydrogens (tertiary/aromatic N) is 4. The van der Waals surface area contributed by atoms with Gasteiger partial charge in [0, 0.05) is 39.4 Å². The second-order valence-electron chi connectivity index (χ2n) is 6.36. The molecule has 1 aliphatic heterocycles. The average molecular weight is 339 g/mol. The second kappa shape index (κ2) is 6.85. The maximum Gasteiger partial charge on any atom is 0.332 e. The molecular formula is C18H21N5O2. The summed E-state index contributed by atoms with van der Waals surface area (Å²) in [4.78, 5) is 26.5. The van der Waals surface area contributed by atoms with E-state index in [0.717, 1.165) is 24.1 Å². The second-order valence-corrected chi connectivity index (χ2v) is 6.36. The zero-order valence-corrected chi connectivity index (χ0v) is 14.4. The van der Waals surface area contributed by atoms with Gasteiger partial charge in [-0.15, -0.1) is 0 Å². The molecule has 0 bridgehead atoms. The Morgan fingerprint density at radius 2 is 1.92 bits per heavy atom. The molecule has 130 valence electrons. The Hall–Kier alpha value is -3.01. The van der Waals surface area contributed by atoms with Crippen molar-refractivity contribution in [1.29, 1.82) is 5.26 Å². The number of aromatic nitrogens is 2. The first-order valence-electron chi connectivity index (χ1n) is 8.27. The highest BCUT2D eigenvalue weighted by atomic mass is 16.2. The SMILES string of the molecule is Cn1c(NC[C@H]2CCN(c3ccccc3)C2)c(C#N)c(=O)n(C)c1=O. The van der Waals surface area contributed by atoms with Crippen LogP contribution in [0.25, 0.3) is 0 Å². The molecular weight excluding hydrogens is 318 g/mol. The first-order valence-corrected chi connectivity index (χ1v) is 8.27. The fourth-order valence-electron chi connectivity index (χ4n) is 3.27. The van der Waals surface area contributed by atoms with E-state index in [4.69, 9.17) is 0 Å². The van der Waals surface area contributed by atoms with Crippen molar-refractivity contribution in [2.24, 2.45) is 20.0 Å². The molecule has 25 heavy (non-hydrogen) atoms. The Balaban J connectivity index is 1.74. The zero-order chi connectivity index (χ0) is 18.0. The van der Waals surface area contributed by atoms with Crippen LogP contribution in [0.3, 0.4) is 0 Å². The molecule has 1 saturated heterocycles. The monoisotopic (exact) mass is 339 g/mol. The fourth-order valence-corrected chi connectivity index (χ4v) is 3.27. The molecule has 0 radical (unpaired) electrons. The number of para-hydroxylation sites is 1. The number of hydrogen-bond acceptors (Lipinski definition) is 5. The normalized spacial score (nSPS) is 16.7. The van der Waals surface area contributed by atoms with Gasteiger partial charge in [-0.3, -0.25) is 13.9 Å². The maximum absolute atomic E-state index is 12.1. The number of anilines is 2. The van der Waals surface area contributed by atoms with E-state index in [9.17, 15) is 14.9 Å². The highest BCUT2D eigenvalue weighted by Crippen LogP contribution is 2.23. The summed E-state index contributed by atoms with van der Waals surface area (Å²) in [7, 11) is 2.94. The molecule has 2 heterocycles. The summed E-state index contributed by atoms with van der Waals surface area (Å²) in [6, 6.07) is 12.1. The number of benzene rings is 1. The Bertz CT molecular complexity index is 923. The predicted molar refractivity (Wildman–Crippen MR) is 96.9 cm³/mol. The number of nitrogens with one attached hydrogen (secondary N) is 1. The summed E-state index contributed by atoms with van der Waals surface area (Å²) in [5.41, 5.74) is 0.167. The number of rotatable bonds is 4. The van der Waals surface area contributed by atoms with E-state index in [0.29, 0.717) is 18.3 Å². The van der Waals surface area contributed by atoms with Crippen LogP contribution in [0.5, 0.6) is 0 Å². The van der Waals surface area contributed by atoms with E-state index in [1.807, 2.05) is 24.3 Å². The van der Waals surface area contributed by atoms with Crippen LogP contribution in [-0.4, -0.2) is 28.8 Å². The largest absolute Gasteiger partial charge is 0.371 e. The molecule has 1 aromatic heterocycles. The van der Waals surface area contributed by atoms with Crippen molar-refractivity contribution in [3.8, 4) is 6.07 Å². The molecule has 0 amide bonds. The van der Waals surface area contributed by atoms with Crippen LogP contribution in [-0.2, 0) is 14.1 Å². The molecule has 7 nitrogen and oxygen atoms in total. The third-order valence-corrected chi connectivity index (χ3v) is 4.74. The minimum atomic E-state index is -0.564. The third kappa shape index (κ3) is 3.15. The van der Waals surface area contributed by atoms with Gasteiger partial charge in [0.15, 0.2) is 5.56 Å². The Morgan fingerprint density at radius 1 is 1.20 bits per heavy atom. The molecule has 1 aromatic carbocycles. The van der Waals surface area contributed by atoms with Gasteiger partial charge in [0.25, 0.3) is 5.56 Å². The molecule has 2 aromatic rings. The molecule has 0 aliphatic carbocycles. The van der Waals surface area contributed by atoms with Crippen molar-refractivity contribution < 1.29 is 0 Å². The lowest BCUT2D eigenvalue weighted by atomic mass is 10.1. The fraction of sp³-hybridized carbons (Fsp3) is 0.389. The molecule has 1 atom stereocenters. The van der Waals surface area contributed by atoms with Gasteiger partial charge in [0.1, 0.15) is 11.9 Å². The van der Waals surface area contributed by atoms with Crippen LogP contribution in [0.2, 0.25) is 0 Å². The molecule has 0 saturated carbocycles. The van der Waals surface area contributed by atoms with Crippen LogP contribution < -0.4 is 21.5 Å². The Kier molecular flexibility index (Phi) is 4.61. The lowest BCUT2D eigenvalue weighted by molar-refractivity contribution is 0.612. The van der Waals surface area contributed by atoms with Gasteiger partial charge >= 0.3 is 5.69 Å². The van der Waals surface area contributed by atoms with Gasteiger partial charge in [0.2, 0.25) is 0 Å². The van der Waals surface area contributed by atoms with Crippen LogP contribution >= 0.6 is 0 Å². The minimum Gasteiger partial charge on any atom is -0.371 e. The lowest BCUT2D eigenvalue weighted by Gasteiger charge is -2.19. The standard InChI is InChI=1S/C18H21N5O2/c1-21-16(15(10-19)17(24)22(2)18(21)25)20-11-13-8-9-23(12-13)14-6-4-3-5-7-14/h3-7,13,20H,8-9,11-12H2,1-2H3/t13-/m1/s1. The van der Waals surface area contributed by atoms with Crippen molar-refractivity contribution in [3.05, 3.63) is 56.7 Å². The van der Waals surface area contributed by atoms with Gasteiger partial charge in [-0.2, -0.15) is 5.26 Å². The summed E-state index contributed by atoms with van der Waals surface area (Å²) in [6.07, 6.45) is 1.02. The smallest absolute Gasteiger partial charge is 0.332 e. The van der Waals surface area contributed by atoms with Crippen molar-refractivity contribution in [1.82, 2.24) is 9.13 Å². The summed E-state index contributed by atoms with van der Waals surface area (Å²) in [5.74, 6) is 0.680. The molecule has 1 aliphatic rings. The highest BCUT2D eigenvalue weighted by Gasteiger charge is 2.23. The van der Waals surface area contributed by atoms with E-state index in [-0.39, 0.29) is 5.56 Å². The van der Waals surface area contributed by atoms with E-state index in [1.165, 1.54) is 17.3 Å². The Labute approximate surface area is 145 Å². The van der Waals surface area contributed by atoms with Gasteiger partial charge in [0.05, 0.1) is 0 Å². The van der Waals surface area contributed by atoms with Crippen LogP contribution in [0.1, 0.15) is 12.0 Å². The zero-order valence-electron chi connectivity index (χ0n) is 14.4. The minimum absolute atomic E-state index is 0.0255. The first-order chi connectivity index (χ1) is 12.0. The quantitative estimate of drug-likeness (QED) is 0.895.